The molecule has 2 aromatic heterocycles. The third kappa shape index (κ3) is 10.1. The first-order valence-corrected chi connectivity index (χ1v) is 22.5. The number of benzene rings is 3. The van der Waals surface area contributed by atoms with Gasteiger partial charge in [0.05, 0.1) is 27.2 Å². The largest absolute Gasteiger partial charge is 0.455 e. The molecule has 8 rings (SSSR count). The zero-order valence-electron chi connectivity index (χ0n) is 33.9. The summed E-state index contributed by atoms with van der Waals surface area (Å²) in [7, 11) is -4.56. The second-order valence-corrected chi connectivity index (χ2v) is 18.7. The van der Waals surface area contributed by atoms with Crippen molar-refractivity contribution in [2.24, 2.45) is 11.8 Å². The fourth-order valence-corrected chi connectivity index (χ4v) is 9.89. The summed E-state index contributed by atoms with van der Waals surface area (Å²) in [6, 6.07) is 20.1. The lowest BCUT2D eigenvalue weighted by Gasteiger charge is -2.44. The Morgan fingerprint density at radius 1 is 1.05 bits per heavy atom. The maximum Gasteiger partial charge on any atom is 0.293 e. The number of anilines is 2. The van der Waals surface area contributed by atoms with Gasteiger partial charge in [0, 0.05) is 86.9 Å². The van der Waals surface area contributed by atoms with E-state index in [1.54, 1.807) is 24.4 Å². The van der Waals surface area contributed by atoms with E-state index in [-0.39, 0.29) is 28.8 Å². The highest BCUT2D eigenvalue weighted by atomic mass is 35.5. The van der Waals surface area contributed by atoms with E-state index in [0.717, 1.165) is 62.5 Å². The summed E-state index contributed by atoms with van der Waals surface area (Å²) < 4.78 is 41.1. The van der Waals surface area contributed by atoms with Gasteiger partial charge in [0.1, 0.15) is 22.8 Å². The van der Waals surface area contributed by atoms with Crippen LogP contribution in [-0.2, 0) is 14.8 Å². The Labute approximate surface area is 359 Å². The molecule has 3 atom stereocenters. The maximum absolute atomic E-state index is 13.9. The minimum Gasteiger partial charge on any atom is -0.455 e. The highest BCUT2D eigenvalue weighted by molar-refractivity contribution is 7.90. The normalized spacial score (nSPS) is 21.6. The number of aliphatic hydroxyl groups is 1. The summed E-state index contributed by atoms with van der Waals surface area (Å²) in [5, 5.41) is 27.6. The van der Waals surface area contributed by atoms with E-state index < -0.39 is 37.0 Å². The van der Waals surface area contributed by atoms with Crippen LogP contribution >= 0.6 is 11.6 Å². The monoisotopic (exact) mass is 871 g/mol. The first-order valence-electron chi connectivity index (χ1n) is 20.7. The average molecular weight is 872 g/mol. The van der Waals surface area contributed by atoms with Gasteiger partial charge in [-0.1, -0.05) is 23.7 Å². The van der Waals surface area contributed by atoms with Gasteiger partial charge in [0.2, 0.25) is 0 Å². The molecule has 5 aromatic rings. The van der Waals surface area contributed by atoms with Crippen LogP contribution in [0, 0.1) is 22.0 Å². The Balaban J connectivity index is 0.987. The molecular weight excluding hydrogens is 822 g/mol. The van der Waals surface area contributed by atoms with Crippen molar-refractivity contribution in [3.05, 3.63) is 111 Å². The fourth-order valence-electron chi connectivity index (χ4n) is 8.78. The predicted octanol–water partition coefficient (Wildman–Crippen LogP) is 7.33. The number of fused-ring (bicyclic) bond motifs is 1. The molecule has 4 N–H and O–H groups in total. The van der Waals surface area contributed by atoms with Crippen molar-refractivity contribution in [3.8, 4) is 11.5 Å². The predicted molar refractivity (Wildman–Crippen MR) is 233 cm³/mol. The number of aromatic nitrogens is 2. The molecule has 3 aromatic carbocycles. The first-order chi connectivity index (χ1) is 29.3. The van der Waals surface area contributed by atoms with Gasteiger partial charge in [-0.3, -0.25) is 19.8 Å². The fraction of sp³-hybridized carbons (Fsp3) is 0.409. The van der Waals surface area contributed by atoms with Gasteiger partial charge in [0.25, 0.3) is 21.6 Å². The van der Waals surface area contributed by atoms with Crippen molar-refractivity contribution >= 4 is 55.6 Å². The Bertz CT molecular complexity index is 2490. The van der Waals surface area contributed by atoms with Crippen molar-refractivity contribution in [1.29, 1.82) is 0 Å². The molecule has 322 valence electrons. The molecule has 17 heteroatoms. The van der Waals surface area contributed by atoms with Crippen molar-refractivity contribution in [3.63, 3.8) is 0 Å². The van der Waals surface area contributed by atoms with Crippen LogP contribution < -0.4 is 19.7 Å². The zero-order chi connectivity index (χ0) is 42.7. The number of piperazine rings is 1. The highest BCUT2D eigenvalue weighted by Crippen LogP contribution is 2.43. The second-order valence-electron chi connectivity index (χ2n) is 16.6. The number of H-pyrrole nitrogens is 1. The van der Waals surface area contributed by atoms with Crippen LogP contribution in [0.15, 0.2) is 90.1 Å². The van der Waals surface area contributed by atoms with Crippen molar-refractivity contribution in [2.45, 2.75) is 55.4 Å². The molecule has 1 aliphatic carbocycles. The number of nitro benzene ring substituents is 1. The number of nitrogens with zero attached hydrogens (tertiary/aromatic N) is 4. The van der Waals surface area contributed by atoms with Crippen molar-refractivity contribution in [2.75, 3.05) is 62.7 Å². The van der Waals surface area contributed by atoms with Gasteiger partial charge in [-0.05, 0) is 111 Å². The van der Waals surface area contributed by atoms with E-state index in [2.05, 4.69) is 41.9 Å². The first kappa shape index (κ1) is 42.4. The van der Waals surface area contributed by atoms with Gasteiger partial charge < -0.3 is 29.8 Å². The number of pyridine rings is 1. The third-order valence-electron chi connectivity index (χ3n) is 12.2. The number of carbonyl (C=O) groups excluding carboxylic acids is 1. The lowest BCUT2D eigenvalue weighted by Crippen LogP contribution is -2.49. The van der Waals surface area contributed by atoms with Crippen LogP contribution in [0.5, 0.6) is 11.5 Å². The molecule has 15 nitrogen and oxygen atoms in total. The van der Waals surface area contributed by atoms with Gasteiger partial charge in [-0.15, -0.1) is 0 Å². The number of hydrogen-bond donors (Lipinski definition) is 4. The second kappa shape index (κ2) is 18.0. The Kier molecular flexibility index (Phi) is 12.5. The van der Waals surface area contributed by atoms with Crippen LogP contribution in [0.25, 0.3) is 11.0 Å². The Morgan fingerprint density at radius 2 is 1.82 bits per heavy atom. The van der Waals surface area contributed by atoms with Gasteiger partial charge in [-0.2, -0.15) is 0 Å². The molecule has 61 heavy (non-hydrogen) atoms. The molecule has 0 bridgehead atoms. The van der Waals surface area contributed by atoms with Gasteiger partial charge in [0.15, 0.2) is 0 Å². The quantitative estimate of drug-likeness (QED) is 0.0682. The van der Waals surface area contributed by atoms with E-state index in [1.807, 2.05) is 25.1 Å². The number of carbonyl (C=O) groups is 1. The summed E-state index contributed by atoms with van der Waals surface area (Å²) in [6.45, 7) is 7.52. The van der Waals surface area contributed by atoms with Gasteiger partial charge >= 0.3 is 0 Å². The third-order valence-corrected chi connectivity index (χ3v) is 13.8. The number of amides is 1. The SMILES string of the molecule is CC1(O)CC[C@@H](CN2CCN(c3ccc(C(=O)NS(=O)(=O)c4ccc(NCC5CCOCC5)c([N+](=O)[O-])c4)c(Oc4cnc5[nH]ccc5c4)c3)CC2)[C@H](c2ccc(Cl)cc2)C1. The van der Waals surface area contributed by atoms with E-state index in [0.29, 0.717) is 61.6 Å². The number of sulfonamides is 1. The molecule has 2 aliphatic heterocycles. The molecule has 1 unspecified atom stereocenters. The van der Waals surface area contributed by atoms with Crippen molar-refractivity contribution in [1.82, 2.24) is 19.6 Å². The highest BCUT2D eigenvalue weighted by Gasteiger charge is 2.38. The molecular formula is C44H50ClN7O8S. The molecule has 4 heterocycles. The molecule has 3 fully saturated rings. The number of aromatic amines is 1. The summed E-state index contributed by atoms with van der Waals surface area (Å²) in [6.07, 6.45) is 7.26. The van der Waals surface area contributed by atoms with Crippen LogP contribution in [-0.4, -0.2) is 97.3 Å². The summed E-state index contributed by atoms with van der Waals surface area (Å²) in [4.78, 5) is 37.0. The zero-order valence-corrected chi connectivity index (χ0v) is 35.5. The Morgan fingerprint density at radius 3 is 2.57 bits per heavy atom. The molecule has 3 aliphatic rings. The number of ether oxygens (including phenoxy) is 2. The number of hydrogen-bond acceptors (Lipinski definition) is 12. The van der Waals surface area contributed by atoms with Crippen LogP contribution in [0.3, 0.4) is 0 Å². The standard InChI is InChI=1S/C44H50ClN7O8S/c1-44(54)14-10-32(38(25-44)30-2-4-33(45)5-3-30)28-50-16-18-51(19-17-50)34-6-8-37(41(23-34)60-35-22-31-11-15-46-42(31)48-27-35)43(53)49-61(57,58)36-7-9-39(40(24-36)52(55)56)47-26-29-12-20-59-21-13-29/h2-9,11,15,22-24,27,29,32,38,47,54H,10,12-14,16-21,25-26,28H2,1H3,(H,46,48)(H,49,53)/t32-,38-,44?/m0/s1. The Hall–Kier alpha value is -5.26. The van der Waals surface area contributed by atoms with Crippen LogP contribution in [0.4, 0.5) is 17.1 Å². The van der Waals surface area contributed by atoms with Crippen LogP contribution in [0.2, 0.25) is 5.02 Å². The summed E-state index contributed by atoms with van der Waals surface area (Å²) in [5.41, 5.74) is 1.63. The van der Waals surface area contributed by atoms with E-state index in [4.69, 9.17) is 21.1 Å². The minimum atomic E-state index is -4.56. The molecule has 1 amide bonds. The lowest BCUT2D eigenvalue weighted by molar-refractivity contribution is -0.384. The van der Waals surface area contributed by atoms with Crippen molar-refractivity contribution < 1.29 is 32.7 Å². The van der Waals surface area contributed by atoms with E-state index in [9.17, 15) is 28.4 Å². The summed E-state index contributed by atoms with van der Waals surface area (Å²) >= 11 is 6.21. The topological polar surface area (TPSA) is 192 Å². The lowest BCUT2D eigenvalue weighted by atomic mass is 9.69. The number of rotatable bonds is 13. The van der Waals surface area contributed by atoms with Crippen LogP contribution in [0.1, 0.15) is 60.9 Å². The number of halogens is 1. The number of nitro groups is 1. The smallest absolute Gasteiger partial charge is 0.293 e. The number of nitrogens with one attached hydrogen (secondary N) is 3. The minimum absolute atomic E-state index is 0.0502. The molecule has 0 spiro atoms. The average Bonchev–Trinajstić information content (AvgIpc) is 3.72. The summed E-state index contributed by atoms with van der Waals surface area (Å²) in [5.74, 6) is 0.337. The molecule has 0 radical (unpaired) electrons. The molecule has 1 saturated carbocycles. The van der Waals surface area contributed by atoms with E-state index in [1.165, 1.54) is 30.0 Å². The molecule has 2 saturated heterocycles. The van der Waals surface area contributed by atoms with Gasteiger partial charge in [-0.25, -0.2) is 18.1 Å². The maximum atomic E-state index is 13.9. The van der Waals surface area contributed by atoms with E-state index >= 15 is 0 Å².